The zero-order chi connectivity index (χ0) is 23.6. The predicted molar refractivity (Wildman–Crippen MR) is 120 cm³/mol. The zero-order valence-corrected chi connectivity index (χ0v) is 19.2. The van der Waals surface area contributed by atoms with Crippen LogP contribution in [-0.4, -0.2) is 69.9 Å². The minimum absolute atomic E-state index is 0.00330. The van der Waals surface area contributed by atoms with Crippen LogP contribution >= 0.6 is 0 Å². The van der Waals surface area contributed by atoms with Crippen LogP contribution in [0.25, 0.3) is 0 Å². The predicted octanol–water partition coefficient (Wildman–Crippen LogP) is 2.72. The maximum absolute atomic E-state index is 14.0. The number of hydrogen-bond donors (Lipinski definition) is 0. The fraction of sp³-hybridized carbons (Fsp3) is 0.435. The van der Waals surface area contributed by atoms with Crippen molar-refractivity contribution < 1.29 is 26.7 Å². The van der Waals surface area contributed by atoms with Gasteiger partial charge in [0.2, 0.25) is 15.9 Å². The Balaban J connectivity index is 1.35. The molecule has 2 aliphatic rings. The first-order valence-electron chi connectivity index (χ1n) is 10.9. The summed E-state index contributed by atoms with van der Waals surface area (Å²) in [6.45, 7) is 2.41. The lowest BCUT2D eigenvalue weighted by Crippen LogP contribution is -2.52. The van der Waals surface area contributed by atoms with Crippen LogP contribution in [0.4, 0.5) is 14.5 Å². The molecule has 7 nitrogen and oxygen atoms in total. The lowest BCUT2D eigenvalue weighted by atomic mass is 9.96. The summed E-state index contributed by atoms with van der Waals surface area (Å²) >= 11 is 0. The minimum atomic E-state index is -3.94. The highest BCUT2D eigenvalue weighted by Crippen LogP contribution is 2.31. The van der Waals surface area contributed by atoms with E-state index in [0.717, 1.165) is 12.1 Å². The van der Waals surface area contributed by atoms with Gasteiger partial charge in [0, 0.05) is 45.2 Å². The molecule has 2 fully saturated rings. The van der Waals surface area contributed by atoms with Gasteiger partial charge in [-0.05, 0) is 43.2 Å². The van der Waals surface area contributed by atoms with Crippen molar-refractivity contribution in [2.75, 3.05) is 51.3 Å². The van der Waals surface area contributed by atoms with Crippen molar-refractivity contribution in [3.8, 4) is 5.75 Å². The summed E-state index contributed by atoms with van der Waals surface area (Å²) in [6, 6.07) is 9.99. The summed E-state index contributed by atoms with van der Waals surface area (Å²) in [5.41, 5.74) is 0.538. The Labute approximate surface area is 192 Å². The molecule has 0 bridgehead atoms. The molecular weight excluding hydrogens is 452 g/mol. The van der Waals surface area contributed by atoms with Gasteiger partial charge < -0.3 is 14.5 Å². The van der Waals surface area contributed by atoms with Gasteiger partial charge in [0.05, 0.1) is 12.8 Å². The number of nitrogens with zero attached hydrogens (tertiary/aromatic N) is 3. The number of piperazine rings is 1. The fourth-order valence-electron chi connectivity index (χ4n) is 4.47. The second kappa shape index (κ2) is 9.64. The molecule has 2 aromatic carbocycles. The first-order valence-corrected chi connectivity index (χ1v) is 12.4. The van der Waals surface area contributed by atoms with Crippen LogP contribution in [0.5, 0.6) is 5.75 Å². The van der Waals surface area contributed by atoms with Crippen LogP contribution in [-0.2, 0) is 14.8 Å². The molecule has 0 aliphatic carbocycles. The van der Waals surface area contributed by atoms with Gasteiger partial charge in [0.15, 0.2) is 0 Å². The van der Waals surface area contributed by atoms with Crippen molar-refractivity contribution in [1.82, 2.24) is 9.21 Å². The summed E-state index contributed by atoms with van der Waals surface area (Å²) in [4.78, 5) is 16.5. The van der Waals surface area contributed by atoms with Crippen LogP contribution < -0.4 is 9.64 Å². The Morgan fingerprint density at radius 2 is 1.64 bits per heavy atom. The molecule has 178 valence electrons. The molecule has 0 N–H and O–H groups in total. The van der Waals surface area contributed by atoms with Crippen molar-refractivity contribution >= 4 is 21.6 Å². The van der Waals surface area contributed by atoms with E-state index in [9.17, 15) is 22.0 Å². The maximum atomic E-state index is 14.0. The molecular formula is C23H27F2N3O4S. The largest absolute Gasteiger partial charge is 0.495 e. The van der Waals surface area contributed by atoms with E-state index in [2.05, 4.69) is 0 Å². The molecule has 33 heavy (non-hydrogen) atoms. The molecule has 4 rings (SSSR count). The average Bonchev–Trinajstić information content (AvgIpc) is 2.84. The smallest absolute Gasteiger partial charge is 0.246 e. The average molecular weight is 480 g/mol. The van der Waals surface area contributed by atoms with Crippen LogP contribution in [0.1, 0.15) is 12.8 Å². The van der Waals surface area contributed by atoms with Gasteiger partial charge >= 0.3 is 0 Å². The van der Waals surface area contributed by atoms with Crippen molar-refractivity contribution in [3.63, 3.8) is 0 Å². The van der Waals surface area contributed by atoms with Gasteiger partial charge in [-0.25, -0.2) is 17.2 Å². The van der Waals surface area contributed by atoms with E-state index in [1.54, 1.807) is 23.1 Å². The molecule has 0 unspecified atom stereocenters. The van der Waals surface area contributed by atoms with Crippen molar-refractivity contribution in [2.24, 2.45) is 5.92 Å². The number of benzene rings is 2. The summed E-state index contributed by atoms with van der Waals surface area (Å²) in [6.07, 6.45) is 0.784. The first-order chi connectivity index (χ1) is 15.8. The number of ether oxygens (including phenoxy) is 1. The SMILES string of the molecule is COc1ccc(F)cc1S(=O)(=O)N1CCC(C(=O)N2CCN(c3ccccc3F)CC2)CC1. The van der Waals surface area contributed by atoms with Gasteiger partial charge in [0.1, 0.15) is 22.3 Å². The topological polar surface area (TPSA) is 70.2 Å². The second-order valence-corrected chi connectivity index (χ2v) is 10.1. The zero-order valence-electron chi connectivity index (χ0n) is 18.4. The Morgan fingerprint density at radius 1 is 0.970 bits per heavy atom. The summed E-state index contributed by atoms with van der Waals surface area (Å²) in [7, 11) is -2.61. The number of amides is 1. The summed E-state index contributed by atoms with van der Waals surface area (Å²) in [5.74, 6) is -1.12. The Kier molecular flexibility index (Phi) is 6.85. The molecule has 0 saturated carbocycles. The maximum Gasteiger partial charge on any atom is 0.246 e. The van der Waals surface area contributed by atoms with E-state index in [1.165, 1.54) is 23.5 Å². The standard InChI is InChI=1S/C23H27F2N3O4S/c1-32-21-7-6-18(24)16-22(21)33(30,31)28-10-8-17(9-11-28)23(29)27-14-12-26(13-15-27)20-5-3-2-4-19(20)25/h2-7,16-17H,8-15H2,1H3. The Bertz CT molecular complexity index is 1110. The van der Waals surface area contributed by atoms with E-state index < -0.39 is 15.8 Å². The highest BCUT2D eigenvalue weighted by atomic mass is 32.2. The molecule has 2 heterocycles. The number of piperidine rings is 1. The quantitative estimate of drug-likeness (QED) is 0.660. The lowest BCUT2D eigenvalue weighted by Gasteiger charge is -2.39. The number of carbonyl (C=O) groups excluding carboxylic acids is 1. The van der Waals surface area contributed by atoms with Crippen molar-refractivity contribution in [3.05, 3.63) is 54.1 Å². The fourth-order valence-corrected chi connectivity index (χ4v) is 6.11. The van der Waals surface area contributed by atoms with Crippen molar-refractivity contribution in [2.45, 2.75) is 17.7 Å². The van der Waals surface area contributed by atoms with Gasteiger partial charge in [-0.1, -0.05) is 12.1 Å². The molecule has 0 aromatic heterocycles. The molecule has 2 aliphatic heterocycles. The first kappa shape index (κ1) is 23.4. The normalized spacial score (nSPS) is 18.4. The molecule has 10 heteroatoms. The number of halogens is 2. The monoisotopic (exact) mass is 479 g/mol. The molecule has 0 spiro atoms. The second-order valence-electron chi connectivity index (χ2n) is 8.24. The third-order valence-corrected chi connectivity index (χ3v) is 8.25. The van der Waals surface area contributed by atoms with E-state index in [4.69, 9.17) is 4.74 Å². The number of methoxy groups -OCH3 is 1. The lowest BCUT2D eigenvalue weighted by molar-refractivity contribution is -0.137. The number of carbonyl (C=O) groups is 1. The van der Waals surface area contributed by atoms with Gasteiger partial charge in [-0.15, -0.1) is 0 Å². The number of hydrogen-bond acceptors (Lipinski definition) is 5. The highest BCUT2D eigenvalue weighted by molar-refractivity contribution is 7.89. The number of anilines is 1. The van der Waals surface area contributed by atoms with Gasteiger partial charge in [0.25, 0.3) is 0 Å². The molecule has 2 aromatic rings. The third kappa shape index (κ3) is 4.81. The van der Waals surface area contributed by atoms with Crippen LogP contribution in [0, 0.1) is 17.6 Å². The van der Waals surface area contributed by atoms with Gasteiger partial charge in [-0.3, -0.25) is 4.79 Å². The third-order valence-electron chi connectivity index (χ3n) is 6.33. The van der Waals surface area contributed by atoms with Gasteiger partial charge in [-0.2, -0.15) is 4.31 Å². The Hall–Kier alpha value is -2.72. The molecule has 0 radical (unpaired) electrons. The molecule has 0 atom stereocenters. The number of sulfonamides is 1. The van der Waals surface area contributed by atoms with E-state index in [0.29, 0.717) is 44.7 Å². The van der Waals surface area contributed by atoms with E-state index >= 15 is 0 Å². The van der Waals surface area contributed by atoms with Crippen LogP contribution in [0.2, 0.25) is 0 Å². The molecule has 2 saturated heterocycles. The summed E-state index contributed by atoms with van der Waals surface area (Å²) < 4.78 is 60.2. The molecule has 1 amide bonds. The highest BCUT2D eigenvalue weighted by Gasteiger charge is 2.36. The number of para-hydroxylation sites is 1. The van der Waals surface area contributed by atoms with E-state index in [1.807, 2.05) is 4.90 Å². The van der Waals surface area contributed by atoms with Crippen LogP contribution in [0.3, 0.4) is 0 Å². The van der Waals surface area contributed by atoms with E-state index in [-0.39, 0.29) is 41.4 Å². The van der Waals surface area contributed by atoms with Crippen molar-refractivity contribution in [1.29, 1.82) is 0 Å². The summed E-state index contributed by atoms with van der Waals surface area (Å²) in [5, 5.41) is 0. The van der Waals surface area contributed by atoms with Crippen LogP contribution in [0.15, 0.2) is 47.4 Å². The minimum Gasteiger partial charge on any atom is -0.495 e. The Morgan fingerprint density at radius 3 is 2.27 bits per heavy atom. The number of rotatable bonds is 5.